The fourth-order valence-electron chi connectivity index (χ4n) is 2.02. The van der Waals surface area contributed by atoms with E-state index in [9.17, 15) is 9.59 Å². The second kappa shape index (κ2) is 6.84. The Morgan fingerprint density at radius 1 is 1.10 bits per heavy atom. The molecule has 21 heavy (non-hydrogen) atoms. The molecule has 0 saturated heterocycles. The third-order valence-electron chi connectivity index (χ3n) is 3.34. The standard InChI is InChI=1S/C18H18O3/c1-3-14-4-8-16(9-5-14)18(20)13(2)21-17-10-6-15(12-19)7-11-17/h4-13H,3H2,1-2H3. The number of aldehydes is 1. The van der Waals surface area contributed by atoms with Gasteiger partial charge in [0.1, 0.15) is 12.0 Å². The molecule has 0 amide bonds. The van der Waals surface area contributed by atoms with E-state index in [1.807, 2.05) is 24.3 Å². The summed E-state index contributed by atoms with van der Waals surface area (Å²) in [4.78, 5) is 22.9. The highest BCUT2D eigenvalue weighted by molar-refractivity contribution is 5.99. The second-order valence-electron chi connectivity index (χ2n) is 4.86. The minimum atomic E-state index is -0.570. The topological polar surface area (TPSA) is 43.4 Å². The van der Waals surface area contributed by atoms with Crippen LogP contribution < -0.4 is 4.74 Å². The van der Waals surface area contributed by atoms with Crippen molar-refractivity contribution in [3.8, 4) is 5.75 Å². The highest BCUT2D eigenvalue weighted by atomic mass is 16.5. The van der Waals surface area contributed by atoms with Gasteiger partial charge in [-0.1, -0.05) is 31.2 Å². The number of benzene rings is 2. The van der Waals surface area contributed by atoms with Crippen molar-refractivity contribution in [1.82, 2.24) is 0 Å². The Morgan fingerprint density at radius 3 is 2.24 bits per heavy atom. The molecule has 108 valence electrons. The van der Waals surface area contributed by atoms with E-state index in [4.69, 9.17) is 4.74 Å². The number of Topliss-reactive ketones (excluding diaryl/α,β-unsaturated/α-hetero) is 1. The van der Waals surface area contributed by atoms with Gasteiger partial charge in [0.15, 0.2) is 6.10 Å². The van der Waals surface area contributed by atoms with Crippen LogP contribution in [0.1, 0.15) is 40.1 Å². The Hall–Kier alpha value is -2.42. The molecule has 0 heterocycles. The highest BCUT2D eigenvalue weighted by Gasteiger charge is 2.16. The first-order valence-corrected chi connectivity index (χ1v) is 6.99. The van der Waals surface area contributed by atoms with E-state index in [0.29, 0.717) is 16.9 Å². The lowest BCUT2D eigenvalue weighted by atomic mass is 10.0. The molecular formula is C18H18O3. The van der Waals surface area contributed by atoms with E-state index in [1.165, 1.54) is 5.56 Å². The molecule has 1 atom stereocenters. The molecule has 0 saturated carbocycles. The normalized spacial score (nSPS) is 11.7. The molecule has 0 aromatic heterocycles. The Bertz CT molecular complexity index is 612. The van der Waals surface area contributed by atoms with Gasteiger partial charge in [0.05, 0.1) is 0 Å². The average Bonchev–Trinajstić information content (AvgIpc) is 2.55. The molecule has 2 aromatic carbocycles. The molecule has 0 aliphatic carbocycles. The average molecular weight is 282 g/mol. The van der Waals surface area contributed by atoms with Gasteiger partial charge < -0.3 is 4.74 Å². The summed E-state index contributed by atoms with van der Waals surface area (Å²) in [5.74, 6) is 0.517. The molecule has 1 unspecified atom stereocenters. The van der Waals surface area contributed by atoms with Crippen molar-refractivity contribution in [2.45, 2.75) is 26.4 Å². The molecule has 0 N–H and O–H groups in total. The number of ketones is 1. The highest BCUT2D eigenvalue weighted by Crippen LogP contribution is 2.16. The maximum atomic E-state index is 12.3. The number of carbonyl (C=O) groups excluding carboxylic acids is 2. The van der Waals surface area contributed by atoms with Crippen LogP contribution in [0.25, 0.3) is 0 Å². The molecule has 2 rings (SSSR count). The van der Waals surface area contributed by atoms with E-state index >= 15 is 0 Å². The van der Waals surface area contributed by atoms with E-state index in [0.717, 1.165) is 12.7 Å². The van der Waals surface area contributed by atoms with Gasteiger partial charge in [0.2, 0.25) is 5.78 Å². The van der Waals surface area contributed by atoms with Crippen LogP contribution in [0.3, 0.4) is 0 Å². The summed E-state index contributed by atoms with van der Waals surface area (Å²) in [5.41, 5.74) is 2.42. The third kappa shape index (κ3) is 3.78. The molecule has 0 aliphatic heterocycles. The summed E-state index contributed by atoms with van der Waals surface area (Å²) in [6, 6.07) is 14.3. The minimum absolute atomic E-state index is 0.0582. The van der Waals surface area contributed by atoms with Crippen LogP contribution in [0.15, 0.2) is 48.5 Å². The summed E-state index contributed by atoms with van der Waals surface area (Å²) in [7, 11) is 0. The zero-order chi connectivity index (χ0) is 15.2. The Morgan fingerprint density at radius 2 is 1.71 bits per heavy atom. The maximum Gasteiger partial charge on any atom is 0.202 e. The molecule has 0 aliphatic rings. The SMILES string of the molecule is CCc1ccc(C(=O)C(C)Oc2ccc(C=O)cc2)cc1. The number of aryl methyl sites for hydroxylation is 1. The number of hydrogen-bond acceptors (Lipinski definition) is 3. The van der Waals surface area contributed by atoms with Crippen LogP contribution in [0.2, 0.25) is 0 Å². The van der Waals surface area contributed by atoms with Gasteiger partial charge in [-0.25, -0.2) is 0 Å². The van der Waals surface area contributed by atoms with Crippen LogP contribution in [-0.2, 0) is 6.42 Å². The van der Waals surface area contributed by atoms with E-state index < -0.39 is 6.10 Å². The van der Waals surface area contributed by atoms with Gasteiger partial charge in [-0.3, -0.25) is 9.59 Å². The third-order valence-corrected chi connectivity index (χ3v) is 3.34. The van der Waals surface area contributed by atoms with Gasteiger partial charge in [0, 0.05) is 11.1 Å². The lowest BCUT2D eigenvalue weighted by Crippen LogP contribution is -2.23. The Kier molecular flexibility index (Phi) is 4.88. The summed E-state index contributed by atoms with van der Waals surface area (Å²) in [6.45, 7) is 3.80. The van der Waals surface area contributed by atoms with Crippen molar-refractivity contribution in [2.24, 2.45) is 0 Å². The van der Waals surface area contributed by atoms with Crippen molar-refractivity contribution in [3.05, 3.63) is 65.2 Å². The minimum Gasteiger partial charge on any atom is -0.483 e. The van der Waals surface area contributed by atoms with Crippen LogP contribution in [0, 0.1) is 0 Å². The molecule has 0 spiro atoms. The largest absolute Gasteiger partial charge is 0.483 e. The Labute approximate surface area is 124 Å². The van der Waals surface area contributed by atoms with E-state index in [1.54, 1.807) is 31.2 Å². The van der Waals surface area contributed by atoms with Crippen LogP contribution in [0.4, 0.5) is 0 Å². The van der Waals surface area contributed by atoms with Gasteiger partial charge in [0.25, 0.3) is 0 Å². The van der Waals surface area contributed by atoms with Crippen LogP contribution in [-0.4, -0.2) is 18.2 Å². The predicted molar refractivity (Wildman–Crippen MR) is 82.1 cm³/mol. The lowest BCUT2D eigenvalue weighted by molar-refractivity contribution is 0.0818. The first kappa shape index (κ1) is 15.0. The molecule has 0 fully saturated rings. The summed E-state index contributed by atoms with van der Waals surface area (Å²) in [6.07, 6.45) is 1.15. The van der Waals surface area contributed by atoms with Crippen molar-refractivity contribution < 1.29 is 14.3 Å². The first-order valence-electron chi connectivity index (χ1n) is 6.99. The number of carbonyl (C=O) groups is 2. The monoisotopic (exact) mass is 282 g/mol. The number of hydrogen-bond donors (Lipinski definition) is 0. The van der Waals surface area contributed by atoms with Crippen LogP contribution in [0.5, 0.6) is 5.75 Å². The molecular weight excluding hydrogens is 264 g/mol. The lowest BCUT2D eigenvalue weighted by Gasteiger charge is -2.14. The molecule has 3 heteroatoms. The van der Waals surface area contributed by atoms with Crippen molar-refractivity contribution in [2.75, 3.05) is 0 Å². The molecule has 0 bridgehead atoms. The fourth-order valence-corrected chi connectivity index (χ4v) is 2.02. The van der Waals surface area contributed by atoms with Crippen molar-refractivity contribution >= 4 is 12.1 Å². The van der Waals surface area contributed by atoms with E-state index in [-0.39, 0.29) is 5.78 Å². The van der Waals surface area contributed by atoms with Gasteiger partial charge >= 0.3 is 0 Å². The fraction of sp³-hybridized carbons (Fsp3) is 0.222. The number of rotatable bonds is 6. The molecule has 0 radical (unpaired) electrons. The number of ether oxygens (including phenoxy) is 1. The second-order valence-corrected chi connectivity index (χ2v) is 4.86. The zero-order valence-corrected chi connectivity index (χ0v) is 12.2. The molecule has 2 aromatic rings. The van der Waals surface area contributed by atoms with Crippen molar-refractivity contribution in [1.29, 1.82) is 0 Å². The summed E-state index contributed by atoms with van der Waals surface area (Å²) < 4.78 is 5.62. The van der Waals surface area contributed by atoms with Gasteiger partial charge in [-0.15, -0.1) is 0 Å². The summed E-state index contributed by atoms with van der Waals surface area (Å²) >= 11 is 0. The first-order chi connectivity index (χ1) is 10.1. The predicted octanol–water partition coefficient (Wildman–Crippen LogP) is 3.71. The van der Waals surface area contributed by atoms with Crippen LogP contribution >= 0.6 is 0 Å². The van der Waals surface area contributed by atoms with Gasteiger partial charge in [-0.2, -0.15) is 0 Å². The maximum absolute atomic E-state index is 12.3. The summed E-state index contributed by atoms with van der Waals surface area (Å²) in [5, 5.41) is 0. The van der Waals surface area contributed by atoms with Gasteiger partial charge in [-0.05, 0) is 43.2 Å². The Balaban J connectivity index is 2.05. The quantitative estimate of drug-likeness (QED) is 0.599. The van der Waals surface area contributed by atoms with Crippen molar-refractivity contribution in [3.63, 3.8) is 0 Å². The smallest absolute Gasteiger partial charge is 0.202 e. The van der Waals surface area contributed by atoms with E-state index in [2.05, 4.69) is 6.92 Å². The zero-order valence-electron chi connectivity index (χ0n) is 12.2. The molecule has 3 nitrogen and oxygen atoms in total.